The van der Waals surface area contributed by atoms with E-state index in [1.165, 1.54) is 11.3 Å². The molecular formula is C17H26N2O4S. The third-order valence-electron chi connectivity index (χ3n) is 3.67. The van der Waals surface area contributed by atoms with E-state index >= 15 is 0 Å². The van der Waals surface area contributed by atoms with E-state index < -0.39 is 0 Å². The zero-order chi connectivity index (χ0) is 17.4. The third kappa shape index (κ3) is 6.59. The number of ether oxygens (including phenoxy) is 2. The molecule has 6 nitrogen and oxygen atoms in total. The van der Waals surface area contributed by atoms with Crippen LogP contribution in [0.2, 0.25) is 0 Å². The zero-order valence-electron chi connectivity index (χ0n) is 14.3. The van der Waals surface area contributed by atoms with Crippen LogP contribution in [0.25, 0.3) is 0 Å². The molecule has 2 heterocycles. The molecule has 0 saturated carbocycles. The van der Waals surface area contributed by atoms with Crippen molar-refractivity contribution in [2.24, 2.45) is 5.92 Å². The number of carbonyl (C=O) groups is 2. The number of nitrogens with one attached hydrogen (secondary N) is 1. The number of amides is 1. The van der Waals surface area contributed by atoms with Crippen LogP contribution >= 0.6 is 11.3 Å². The smallest absolute Gasteiger partial charge is 0.307 e. The molecular weight excluding hydrogens is 328 g/mol. The summed E-state index contributed by atoms with van der Waals surface area (Å²) in [5, 5.41) is 6.33. The lowest BCUT2D eigenvalue weighted by Crippen LogP contribution is -2.46. The van der Waals surface area contributed by atoms with E-state index in [4.69, 9.17) is 9.47 Å². The molecule has 1 fully saturated rings. The lowest BCUT2D eigenvalue weighted by molar-refractivity contribution is -0.150. The molecule has 7 heteroatoms. The van der Waals surface area contributed by atoms with Gasteiger partial charge in [0.05, 0.1) is 13.0 Å². The van der Waals surface area contributed by atoms with Crippen LogP contribution in [0.4, 0.5) is 0 Å². The van der Waals surface area contributed by atoms with Crippen LogP contribution in [0.15, 0.2) is 16.8 Å². The average molecular weight is 354 g/mol. The normalized spacial score (nSPS) is 18.5. The van der Waals surface area contributed by atoms with Crippen LogP contribution < -0.4 is 5.32 Å². The highest BCUT2D eigenvalue weighted by Gasteiger charge is 2.22. The van der Waals surface area contributed by atoms with Crippen LogP contribution in [-0.2, 0) is 14.3 Å². The molecule has 1 amide bonds. The van der Waals surface area contributed by atoms with Gasteiger partial charge in [-0.3, -0.25) is 14.5 Å². The van der Waals surface area contributed by atoms with Crippen molar-refractivity contribution in [3.05, 3.63) is 22.4 Å². The van der Waals surface area contributed by atoms with Gasteiger partial charge in [-0.05, 0) is 17.4 Å². The van der Waals surface area contributed by atoms with Gasteiger partial charge in [-0.25, -0.2) is 0 Å². The summed E-state index contributed by atoms with van der Waals surface area (Å²) < 4.78 is 10.9. The number of hydrogen-bond donors (Lipinski definition) is 1. The highest BCUT2D eigenvalue weighted by molar-refractivity contribution is 7.08. The Labute approximate surface area is 147 Å². The molecule has 24 heavy (non-hydrogen) atoms. The number of hydrogen-bond acceptors (Lipinski definition) is 6. The van der Waals surface area contributed by atoms with Gasteiger partial charge < -0.3 is 14.8 Å². The van der Waals surface area contributed by atoms with Crippen molar-refractivity contribution in [3.63, 3.8) is 0 Å². The van der Waals surface area contributed by atoms with Crippen LogP contribution in [0.5, 0.6) is 0 Å². The predicted octanol–water partition coefficient (Wildman–Crippen LogP) is 1.77. The van der Waals surface area contributed by atoms with Gasteiger partial charge in [-0.2, -0.15) is 11.3 Å². The molecule has 1 N–H and O–H groups in total. The second-order valence-corrected chi connectivity index (χ2v) is 7.13. The van der Waals surface area contributed by atoms with Gasteiger partial charge >= 0.3 is 5.97 Å². The van der Waals surface area contributed by atoms with Crippen molar-refractivity contribution in [2.45, 2.75) is 26.4 Å². The van der Waals surface area contributed by atoms with Crippen LogP contribution in [0, 0.1) is 5.92 Å². The van der Waals surface area contributed by atoms with Gasteiger partial charge in [0.2, 0.25) is 0 Å². The van der Waals surface area contributed by atoms with Gasteiger partial charge in [0.1, 0.15) is 12.7 Å². The summed E-state index contributed by atoms with van der Waals surface area (Å²) in [5.74, 6) is 0.132. The minimum atomic E-state index is -0.315. The number of nitrogens with zero attached hydrogens (tertiary/aromatic N) is 1. The zero-order valence-corrected chi connectivity index (χ0v) is 15.1. The molecule has 0 radical (unpaired) electrons. The molecule has 0 aromatic carbocycles. The van der Waals surface area contributed by atoms with Crippen molar-refractivity contribution >= 4 is 23.2 Å². The summed E-state index contributed by atoms with van der Waals surface area (Å²) in [5.41, 5.74) is 0.620. The van der Waals surface area contributed by atoms with Crippen molar-refractivity contribution < 1.29 is 19.1 Å². The van der Waals surface area contributed by atoms with E-state index in [0.29, 0.717) is 18.1 Å². The van der Waals surface area contributed by atoms with Crippen LogP contribution in [-0.4, -0.2) is 62.3 Å². The molecule has 134 valence electrons. The Morgan fingerprint density at radius 1 is 1.50 bits per heavy atom. The molecule has 1 aromatic heterocycles. The summed E-state index contributed by atoms with van der Waals surface area (Å²) in [6, 6.07) is 1.75. The van der Waals surface area contributed by atoms with Gasteiger partial charge in [0, 0.05) is 37.1 Å². The number of carbonyl (C=O) groups excluding carboxylic acids is 2. The summed E-state index contributed by atoms with van der Waals surface area (Å²) in [6.07, 6.45) is 0.0973. The largest absolute Gasteiger partial charge is 0.463 e. The quantitative estimate of drug-likeness (QED) is 0.721. The molecule has 0 spiro atoms. The maximum Gasteiger partial charge on any atom is 0.307 e. The van der Waals surface area contributed by atoms with Crippen molar-refractivity contribution in [1.29, 1.82) is 0 Å². The van der Waals surface area contributed by atoms with Crippen molar-refractivity contribution in [3.8, 4) is 0 Å². The van der Waals surface area contributed by atoms with Gasteiger partial charge in [-0.1, -0.05) is 13.8 Å². The Morgan fingerprint density at radius 2 is 2.33 bits per heavy atom. The minimum Gasteiger partial charge on any atom is -0.463 e. The fourth-order valence-electron chi connectivity index (χ4n) is 2.60. The van der Waals surface area contributed by atoms with Crippen molar-refractivity contribution in [1.82, 2.24) is 10.2 Å². The van der Waals surface area contributed by atoms with E-state index in [9.17, 15) is 9.59 Å². The Hall–Kier alpha value is -1.44. The first-order valence-corrected chi connectivity index (χ1v) is 9.29. The maximum absolute atomic E-state index is 11.8. The Morgan fingerprint density at radius 3 is 3.04 bits per heavy atom. The number of morpholine rings is 1. The first-order chi connectivity index (χ1) is 11.5. The lowest BCUT2D eigenvalue weighted by atomic mass is 10.2. The molecule has 1 atom stereocenters. The van der Waals surface area contributed by atoms with E-state index in [1.54, 1.807) is 11.4 Å². The summed E-state index contributed by atoms with van der Waals surface area (Å²) in [7, 11) is 0. The number of esters is 1. The SMILES string of the molecule is CC(C)CN1CCOC(COC(=O)CCNC(=O)c2ccsc2)C1. The standard InChI is InChI=1S/C17H26N2O4S/c1-13(2)9-19-6-7-22-15(10-19)11-23-16(20)3-5-18-17(21)14-4-8-24-12-14/h4,8,12-13,15H,3,5-7,9-11H2,1-2H3,(H,18,21). The molecule has 1 aromatic rings. The molecule has 2 rings (SSSR count). The van der Waals surface area contributed by atoms with Crippen LogP contribution in [0.3, 0.4) is 0 Å². The van der Waals surface area contributed by atoms with Gasteiger partial charge in [0.25, 0.3) is 5.91 Å². The maximum atomic E-state index is 11.8. The highest BCUT2D eigenvalue weighted by atomic mass is 32.1. The second kappa shape index (κ2) is 9.76. The summed E-state index contributed by atoms with van der Waals surface area (Å²) in [6.45, 7) is 8.35. The van der Waals surface area contributed by atoms with E-state index in [2.05, 4.69) is 24.1 Å². The van der Waals surface area contributed by atoms with Gasteiger partial charge in [0.15, 0.2) is 0 Å². The van der Waals surface area contributed by atoms with E-state index in [1.807, 2.05) is 5.38 Å². The number of rotatable bonds is 8. The van der Waals surface area contributed by atoms with Crippen LogP contribution in [0.1, 0.15) is 30.6 Å². The van der Waals surface area contributed by atoms with E-state index in [0.717, 1.165) is 19.6 Å². The Kier molecular flexibility index (Phi) is 7.68. The molecule has 1 saturated heterocycles. The molecule has 0 aliphatic carbocycles. The molecule has 0 bridgehead atoms. The van der Waals surface area contributed by atoms with Crippen molar-refractivity contribution in [2.75, 3.05) is 39.4 Å². The summed E-state index contributed by atoms with van der Waals surface area (Å²) >= 11 is 1.46. The molecule has 1 unspecified atom stereocenters. The first kappa shape index (κ1) is 18.9. The first-order valence-electron chi connectivity index (χ1n) is 8.34. The minimum absolute atomic E-state index is 0.0677. The van der Waals surface area contributed by atoms with E-state index in [-0.39, 0.29) is 37.6 Å². The lowest BCUT2D eigenvalue weighted by Gasteiger charge is -2.33. The predicted molar refractivity (Wildman–Crippen MR) is 93.2 cm³/mol. The molecule has 1 aliphatic rings. The fourth-order valence-corrected chi connectivity index (χ4v) is 3.23. The average Bonchev–Trinajstić information content (AvgIpc) is 3.07. The Balaban J connectivity index is 1.60. The highest BCUT2D eigenvalue weighted by Crippen LogP contribution is 2.09. The second-order valence-electron chi connectivity index (χ2n) is 6.35. The fraction of sp³-hybridized carbons (Fsp3) is 0.647. The monoisotopic (exact) mass is 354 g/mol. The Bertz CT molecular complexity index is 519. The van der Waals surface area contributed by atoms with Gasteiger partial charge in [-0.15, -0.1) is 0 Å². The molecule has 1 aliphatic heterocycles. The summed E-state index contributed by atoms with van der Waals surface area (Å²) in [4.78, 5) is 25.8. The topological polar surface area (TPSA) is 67.9 Å². The number of thiophene rings is 1. The third-order valence-corrected chi connectivity index (χ3v) is 4.36.